The fourth-order valence-corrected chi connectivity index (χ4v) is 2.44. The van der Waals surface area contributed by atoms with Gasteiger partial charge >= 0.3 is 0 Å². The number of benzene rings is 2. The molecule has 2 rings (SSSR count). The van der Waals surface area contributed by atoms with Crippen molar-refractivity contribution >= 4 is 0 Å². The SMILES string of the molecule is COc1cccc(CCC(N)c2ccc(C(C)C)cc2)c1. The molecule has 1 atom stereocenters. The van der Waals surface area contributed by atoms with Crippen LogP contribution in [0, 0.1) is 0 Å². The van der Waals surface area contributed by atoms with Crippen LogP contribution >= 0.6 is 0 Å². The Labute approximate surface area is 127 Å². The molecule has 0 fully saturated rings. The number of ether oxygens (including phenoxy) is 1. The molecule has 0 aliphatic carbocycles. The summed E-state index contributed by atoms with van der Waals surface area (Å²) in [4.78, 5) is 0. The highest BCUT2D eigenvalue weighted by Gasteiger charge is 2.07. The second kappa shape index (κ2) is 7.28. The van der Waals surface area contributed by atoms with Crippen molar-refractivity contribution in [2.75, 3.05) is 7.11 Å². The van der Waals surface area contributed by atoms with Gasteiger partial charge in [-0.1, -0.05) is 50.2 Å². The van der Waals surface area contributed by atoms with E-state index in [1.165, 1.54) is 16.7 Å². The molecule has 0 aliphatic rings. The Kier molecular flexibility index (Phi) is 5.40. The Hall–Kier alpha value is -1.80. The first kappa shape index (κ1) is 15.6. The van der Waals surface area contributed by atoms with Gasteiger partial charge in [-0.3, -0.25) is 0 Å². The summed E-state index contributed by atoms with van der Waals surface area (Å²) in [7, 11) is 1.70. The van der Waals surface area contributed by atoms with E-state index in [0.717, 1.165) is 18.6 Å². The Bertz CT molecular complexity index is 560. The topological polar surface area (TPSA) is 35.2 Å². The van der Waals surface area contributed by atoms with E-state index in [1.807, 2.05) is 12.1 Å². The van der Waals surface area contributed by atoms with Crippen LogP contribution in [0.15, 0.2) is 48.5 Å². The number of nitrogens with two attached hydrogens (primary N) is 1. The first-order chi connectivity index (χ1) is 10.1. The molecule has 2 N–H and O–H groups in total. The van der Waals surface area contributed by atoms with Crippen LogP contribution in [-0.4, -0.2) is 7.11 Å². The summed E-state index contributed by atoms with van der Waals surface area (Å²) in [6.45, 7) is 4.41. The van der Waals surface area contributed by atoms with E-state index in [0.29, 0.717) is 5.92 Å². The molecule has 0 amide bonds. The Morgan fingerprint density at radius 3 is 2.29 bits per heavy atom. The maximum absolute atomic E-state index is 6.31. The largest absolute Gasteiger partial charge is 0.497 e. The van der Waals surface area contributed by atoms with Gasteiger partial charge in [0.1, 0.15) is 5.75 Å². The van der Waals surface area contributed by atoms with Gasteiger partial charge in [0, 0.05) is 6.04 Å². The molecule has 0 aliphatic heterocycles. The zero-order valence-electron chi connectivity index (χ0n) is 13.2. The van der Waals surface area contributed by atoms with E-state index < -0.39 is 0 Å². The summed E-state index contributed by atoms with van der Waals surface area (Å²) < 4.78 is 5.25. The van der Waals surface area contributed by atoms with Crippen LogP contribution in [-0.2, 0) is 6.42 Å². The summed E-state index contributed by atoms with van der Waals surface area (Å²) in [5.74, 6) is 1.47. The first-order valence-corrected chi connectivity index (χ1v) is 7.58. The van der Waals surface area contributed by atoms with E-state index in [-0.39, 0.29) is 6.04 Å². The van der Waals surface area contributed by atoms with Gasteiger partial charge in [0.25, 0.3) is 0 Å². The molecule has 0 bridgehead atoms. The van der Waals surface area contributed by atoms with E-state index in [9.17, 15) is 0 Å². The summed E-state index contributed by atoms with van der Waals surface area (Å²) in [6.07, 6.45) is 1.90. The third kappa shape index (κ3) is 4.33. The van der Waals surface area contributed by atoms with Gasteiger partial charge in [-0.25, -0.2) is 0 Å². The Morgan fingerprint density at radius 1 is 1.00 bits per heavy atom. The molecule has 0 heterocycles. The van der Waals surface area contributed by atoms with Gasteiger partial charge in [0.05, 0.1) is 7.11 Å². The van der Waals surface area contributed by atoms with Crippen molar-refractivity contribution in [1.29, 1.82) is 0 Å². The van der Waals surface area contributed by atoms with Gasteiger partial charge in [-0.2, -0.15) is 0 Å². The molecule has 0 spiro atoms. The van der Waals surface area contributed by atoms with Crippen LogP contribution in [0.4, 0.5) is 0 Å². The summed E-state index contributed by atoms with van der Waals surface area (Å²) in [5, 5.41) is 0. The lowest BCUT2D eigenvalue weighted by Crippen LogP contribution is -2.11. The third-order valence-electron chi connectivity index (χ3n) is 3.91. The molecular formula is C19H25NO. The predicted octanol–water partition coefficient (Wildman–Crippen LogP) is 4.45. The van der Waals surface area contributed by atoms with E-state index in [1.54, 1.807) is 7.11 Å². The normalized spacial score (nSPS) is 12.4. The molecule has 2 nitrogen and oxygen atoms in total. The smallest absolute Gasteiger partial charge is 0.119 e. The lowest BCUT2D eigenvalue weighted by molar-refractivity contribution is 0.414. The standard InChI is InChI=1S/C19H25NO/c1-14(2)16-8-10-17(11-9-16)19(20)12-7-15-5-4-6-18(13-15)21-3/h4-6,8-11,13-14,19H,7,12,20H2,1-3H3. The van der Waals surface area contributed by atoms with Crippen molar-refractivity contribution < 1.29 is 4.74 Å². The molecule has 0 radical (unpaired) electrons. The number of hydrogen-bond donors (Lipinski definition) is 1. The summed E-state index contributed by atoms with van der Waals surface area (Å²) in [5.41, 5.74) is 10.1. The van der Waals surface area contributed by atoms with Gasteiger partial charge in [-0.05, 0) is 47.6 Å². The minimum atomic E-state index is 0.0809. The molecular weight excluding hydrogens is 258 g/mol. The minimum Gasteiger partial charge on any atom is -0.497 e. The van der Waals surface area contributed by atoms with Crippen molar-refractivity contribution in [1.82, 2.24) is 0 Å². The highest BCUT2D eigenvalue weighted by Crippen LogP contribution is 2.21. The van der Waals surface area contributed by atoms with Crippen molar-refractivity contribution in [2.45, 2.75) is 38.6 Å². The average Bonchev–Trinajstić information content (AvgIpc) is 2.53. The van der Waals surface area contributed by atoms with E-state index >= 15 is 0 Å². The monoisotopic (exact) mass is 283 g/mol. The first-order valence-electron chi connectivity index (χ1n) is 7.58. The Balaban J connectivity index is 1.96. The minimum absolute atomic E-state index is 0.0809. The molecule has 112 valence electrons. The molecule has 0 saturated carbocycles. The molecule has 2 aromatic rings. The summed E-state index contributed by atoms with van der Waals surface area (Å²) >= 11 is 0. The molecule has 2 heteroatoms. The highest BCUT2D eigenvalue weighted by molar-refractivity contribution is 5.29. The number of hydrogen-bond acceptors (Lipinski definition) is 2. The molecule has 2 aromatic carbocycles. The fraction of sp³-hybridized carbons (Fsp3) is 0.368. The summed E-state index contributed by atoms with van der Waals surface area (Å²) in [6, 6.07) is 17.0. The third-order valence-corrected chi connectivity index (χ3v) is 3.91. The van der Waals surface area contributed by atoms with Gasteiger partial charge < -0.3 is 10.5 Å². The van der Waals surface area contributed by atoms with Crippen LogP contribution in [0.2, 0.25) is 0 Å². The zero-order valence-corrected chi connectivity index (χ0v) is 13.2. The zero-order chi connectivity index (χ0) is 15.2. The number of rotatable bonds is 6. The van der Waals surface area contributed by atoms with Crippen LogP contribution < -0.4 is 10.5 Å². The van der Waals surface area contributed by atoms with Crippen molar-refractivity contribution in [3.8, 4) is 5.75 Å². The van der Waals surface area contributed by atoms with Gasteiger partial charge in [0.15, 0.2) is 0 Å². The molecule has 21 heavy (non-hydrogen) atoms. The lowest BCUT2D eigenvalue weighted by Gasteiger charge is -2.14. The van der Waals surface area contributed by atoms with Crippen LogP contribution in [0.5, 0.6) is 5.75 Å². The highest BCUT2D eigenvalue weighted by atomic mass is 16.5. The van der Waals surface area contributed by atoms with Gasteiger partial charge in [-0.15, -0.1) is 0 Å². The second-order valence-corrected chi connectivity index (χ2v) is 5.82. The number of aryl methyl sites for hydroxylation is 1. The molecule has 1 unspecified atom stereocenters. The van der Waals surface area contributed by atoms with E-state index in [2.05, 4.69) is 50.2 Å². The predicted molar refractivity (Wildman–Crippen MR) is 88.8 cm³/mol. The van der Waals surface area contributed by atoms with Crippen LogP contribution in [0.25, 0.3) is 0 Å². The van der Waals surface area contributed by atoms with Crippen LogP contribution in [0.1, 0.15) is 48.9 Å². The van der Waals surface area contributed by atoms with Crippen molar-refractivity contribution in [3.05, 3.63) is 65.2 Å². The van der Waals surface area contributed by atoms with E-state index in [4.69, 9.17) is 10.5 Å². The maximum Gasteiger partial charge on any atom is 0.119 e. The Morgan fingerprint density at radius 2 is 1.67 bits per heavy atom. The molecule has 0 aromatic heterocycles. The quantitative estimate of drug-likeness (QED) is 0.850. The molecule has 0 saturated heterocycles. The average molecular weight is 283 g/mol. The van der Waals surface area contributed by atoms with Crippen LogP contribution in [0.3, 0.4) is 0 Å². The second-order valence-electron chi connectivity index (χ2n) is 5.82. The fourth-order valence-electron chi connectivity index (χ4n) is 2.44. The number of methoxy groups -OCH3 is 1. The van der Waals surface area contributed by atoms with Crippen molar-refractivity contribution in [2.24, 2.45) is 5.73 Å². The lowest BCUT2D eigenvalue weighted by atomic mass is 9.96. The van der Waals surface area contributed by atoms with Gasteiger partial charge in [0.2, 0.25) is 0 Å². The van der Waals surface area contributed by atoms with Crippen molar-refractivity contribution in [3.63, 3.8) is 0 Å². The maximum atomic E-state index is 6.31.